The van der Waals surface area contributed by atoms with Crippen LogP contribution in [-0.4, -0.2) is 62.0 Å². The van der Waals surface area contributed by atoms with Crippen LogP contribution >= 0.6 is 11.6 Å². The number of amides is 2. The number of piperazine rings is 1. The van der Waals surface area contributed by atoms with E-state index in [1.54, 1.807) is 17.9 Å². The van der Waals surface area contributed by atoms with E-state index in [2.05, 4.69) is 4.90 Å². The number of anilines is 2. The molecule has 0 bridgehead atoms. The Balaban J connectivity index is 1.40. The first-order valence-corrected chi connectivity index (χ1v) is 11.2. The highest BCUT2D eigenvalue weighted by molar-refractivity contribution is 6.33. The van der Waals surface area contributed by atoms with Crippen LogP contribution in [0.25, 0.3) is 0 Å². The van der Waals surface area contributed by atoms with Crippen molar-refractivity contribution in [2.24, 2.45) is 5.92 Å². The number of rotatable bonds is 5. The van der Waals surface area contributed by atoms with Crippen molar-refractivity contribution in [1.29, 1.82) is 0 Å². The molecule has 0 saturated carbocycles. The molecule has 0 aromatic heterocycles. The fourth-order valence-electron chi connectivity index (χ4n) is 4.21. The van der Waals surface area contributed by atoms with Gasteiger partial charge in [-0.1, -0.05) is 29.8 Å². The van der Waals surface area contributed by atoms with Crippen LogP contribution in [0.3, 0.4) is 0 Å². The van der Waals surface area contributed by atoms with Crippen molar-refractivity contribution in [3.8, 4) is 0 Å². The summed E-state index contributed by atoms with van der Waals surface area (Å²) in [7, 11) is 0. The molecule has 7 nitrogen and oxygen atoms in total. The molecule has 2 aliphatic heterocycles. The molecule has 0 radical (unpaired) electrons. The average molecular weight is 456 g/mol. The van der Waals surface area contributed by atoms with Crippen LogP contribution in [0, 0.1) is 5.92 Å². The Morgan fingerprint density at radius 3 is 2.44 bits per heavy atom. The standard InChI is InChI=1S/C24H26ClN3O4/c1-2-32-24(31)18-14-22(29)28(16-18)19-8-9-21(20(25)15-19)26-10-12-27(13-11-26)23(30)17-6-4-3-5-7-17/h3-9,15,18H,2,10-14,16H2,1H3/t18-/m1/s1. The fourth-order valence-corrected chi connectivity index (χ4v) is 4.50. The monoisotopic (exact) mass is 455 g/mol. The second-order valence-corrected chi connectivity index (χ2v) is 8.35. The number of nitrogens with zero attached hydrogens (tertiary/aromatic N) is 3. The van der Waals surface area contributed by atoms with Crippen molar-refractivity contribution in [2.45, 2.75) is 13.3 Å². The van der Waals surface area contributed by atoms with Gasteiger partial charge in [0, 0.05) is 50.4 Å². The van der Waals surface area contributed by atoms with Crippen LogP contribution in [0.1, 0.15) is 23.7 Å². The van der Waals surface area contributed by atoms with Crippen molar-refractivity contribution < 1.29 is 19.1 Å². The maximum absolute atomic E-state index is 12.7. The minimum absolute atomic E-state index is 0.0374. The molecule has 2 amide bonds. The number of carbonyl (C=O) groups excluding carboxylic acids is 3. The van der Waals surface area contributed by atoms with Gasteiger partial charge in [-0.2, -0.15) is 0 Å². The summed E-state index contributed by atoms with van der Waals surface area (Å²) in [5.41, 5.74) is 2.24. The lowest BCUT2D eigenvalue weighted by Gasteiger charge is -2.36. The Morgan fingerprint density at radius 2 is 1.78 bits per heavy atom. The highest BCUT2D eigenvalue weighted by Crippen LogP contribution is 2.34. The number of carbonyl (C=O) groups is 3. The minimum atomic E-state index is -0.448. The van der Waals surface area contributed by atoms with Gasteiger partial charge in [0.2, 0.25) is 5.91 Å². The van der Waals surface area contributed by atoms with Gasteiger partial charge in [0.25, 0.3) is 5.91 Å². The van der Waals surface area contributed by atoms with Crippen LogP contribution in [0.5, 0.6) is 0 Å². The summed E-state index contributed by atoms with van der Waals surface area (Å²) in [6, 6.07) is 14.8. The topological polar surface area (TPSA) is 70.2 Å². The fraction of sp³-hybridized carbons (Fsp3) is 0.375. The van der Waals surface area contributed by atoms with Crippen LogP contribution in [0.15, 0.2) is 48.5 Å². The Hall–Kier alpha value is -3.06. The number of esters is 1. The first-order valence-electron chi connectivity index (χ1n) is 10.8. The molecular formula is C24H26ClN3O4. The van der Waals surface area contributed by atoms with Crippen molar-refractivity contribution in [1.82, 2.24) is 4.90 Å². The molecule has 32 heavy (non-hydrogen) atoms. The number of hydrogen-bond acceptors (Lipinski definition) is 5. The lowest BCUT2D eigenvalue weighted by Crippen LogP contribution is -2.48. The van der Waals surface area contributed by atoms with Gasteiger partial charge in [-0.05, 0) is 37.3 Å². The Labute approximate surface area is 192 Å². The predicted octanol–water partition coefficient (Wildman–Crippen LogP) is 3.22. The van der Waals surface area contributed by atoms with E-state index in [9.17, 15) is 14.4 Å². The smallest absolute Gasteiger partial charge is 0.311 e. The molecule has 2 aliphatic rings. The van der Waals surface area contributed by atoms with Gasteiger partial charge in [0.1, 0.15) is 0 Å². The Kier molecular flexibility index (Phi) is 6.65. The van der Waals surface area contributed by atoms with E-state index in [1.807, 2.05) is 47.4 Å². The molecule has 2 aromatic rings. The number of hydrogen-bond donors (Lipinski definition) is 0. The summed E-state index contributed by atoms with van der Waals surface area (Å²) in [5.74, 6) is -0.861. The first kappa shape index (κ1) is 22.1. The van der Waals surface area contributed by atoms with Crippen LogP contribution < -0.4 is 9.80 Å². The number of ether oxygens (including phenoxy) is 1. The molecule has 8 heteroatoms. The van der Waals surface area contributed by atoms with Gasteiger partial charge >= 0.3 is 5.97 Å². The normalized spacial score (nSPS) is 18.8. The molecule has 0 aliphatic carbocycles. The summed E-state index contributed by atoms with van der Waals surface area (Å²) in [4.78, 5) is 42.7. The molecule has 1 atom stereocenters. The zero-order valence-corrected chi connectivity index (χ0v) is 18.8. The maximum atomic E-state index is 12.7. The quantitative estimate of drug-likeness (QED) is 0.647. The van der Waals surface area contributed by atoms with Crippen molar-refractivity contribution in [3.63, 3.8) is 0 Å². The third kappa shape index (κ3) is 4.58. The molecule has 0 spiro atoms. The van der Waals surface area contributed by atoms with E-state index in [0.717, 1.165) is 5.69 Å². The van der Waals surface area contributed by atoms with Crippen LogP contribution in [-0.2, 0) is 14.3 Å². The molecule has 2 heterocycles. The van der Waals surface area contributed by atoms with Crippen LogP contribution in [0.2, 0.25) is 5.02 Å². The molecule has 2 aromatic carbocycles. The third-order valence-corrected chi connectivity index (χ3v) is 6.22. The Bertz CT molecular complexity index is 1010. The van der Waals surface area contributed by atoms with Gasteiger partial charge in [-0.3, -0.25) is 14.4 Å². The van der Waals surface area contributed by atoms with Crippen molar-refractivity contribution >= 4 is 40.8 Å². The number of halogens is 1. The zero-order valence-electron chi connectivity index (χ0n) is 18.0. The Morgan fingerprint density at radius 1 is 1.06 bits per heavy atom. The van der Waals surface area contributed by atoms with Gasteiger partial charge in [0.15, 0.2) is 0 Å². The molecular weight excluding hydrogens is 430 g/mol. The molecule has 2 saturated heterocycles. The number of benzene rings is 2. The van der Waals surface area contributed by atoms with Crippen LogP contribution in [0.4, 0.5) is 11.4 Å². The summed E-state index contributed by atoms with van der Waals surface area (Å²) in [6.45, 7) is 4.91. The van der Waals surface area contributed by atoms with E-state index >= 15 is 0 Å². The molecule has 0 unspecified atom stereocenters. The predicted molar refractivity (Wildman–Crippen MR) is 123 cm³/mol. The van der Waals surface area contributed by atoms with Gasteiger partial charge < -0.3 is 19.4 Å². The summed E-state index contributed by atoms with van der Waals surface area (Å²) in [6.07, 6.45) is 0.148. The highest BCUT2D eigenvalue weighted by atomic mass is 35.5. The van der Waals surface area contributed by atoms with Gasteiger partial charge in [-0.15, -0.1) is 0 Å². The van der Waals surface area contributed by atoms with E-state index in [4.69, 9.17) is 16.3 Å². The van der Waals surface area contributed by atoms with Gasteiger partial charge in [0.05, 0.1) is 23.2 Å². The summed E-state index contributed by atoms with van der Waals surface area (Å²) >= 11 is 6.58. The molecule has 4 rings (SSSR count). The van der Waals surface area contributed by atoms with Crippen molar-refractivity contribution in [3.05, 3.63) is 59.1 Å². The highest BCUT2D eigenvalue weighted by Gasteiger charge is 2.36. The molecule has 168 valence electrons. The van der Waals surface area contributed by atoms with E-state index in [1.165, 1.54) is 0 Å². The first-order chi connectivity index (χ1) is 15.5. The summed E-state index contributed by atoms with van der Waals surface area (Å²) < 4.78 is 5.06. The third-order valence-electron chi connectivity index (χ3n) is 5.92. The minimum Gasteiger partial charge on any atom is -0.466 e. The molecule has 2 fully saturated rings. The SMILES string of the molecule is CCOC(=O)[C@@H]1CC(=O)N(c2ccc(N3CCN(C(=O)c4ccccc4)CC3)c(Cl)c2)C1. The second kappa shape index (κ2) is 9.61. The molecule has 0 N–H and O–H groups in total. The second-order valence-electron chi connectivity index (χ2n) is 7.94. The average Bonchev–Trinajstić information content (AvgIpc) is 3.21. The summed E-state index contributed by atoms with van der Waals surface area (Å²) in [5, 5.41) is 0.540. The van der Waals surface area contributed by atoms with E-state index < -0.39 is 5.92 Å². The largest absolute Gasteiger partial charge is 0.466 e. The van der Waals surface area contributed by atoms with E-state index in [0.29, 0.717) is 55.6 Å². The van der Waals surface area contributed by atoms with E-state index in [-0.39, 0.29) is 24.2 Å². The zero-order chi connectivity index (χ0) is 22.7. The lowest BCUT2D eigenvalue weighted by atomic mass is 10.1. The lowest BCUT2D eigenvalue weighted by molar-refractivity contribution is -0.147. The van der Waals surface area contributed by atoms with Crippen molar-refractivity contribution in [2.75, 3.05) is 49.1 Å². The maximum Gasteiger partial charge on any atom is 0.311 e. The van der Waals surface area contributed by atoms with Gasteiger partial charge in [-0.25, -0.2) is 0 Å².